The molecule has 0 spiro atoms. The topological polar surface area (TPSA) is 173 Å². The molecule has 12 nitrogen and oxygen atoms in total. The van der Waals surface area contributed by atoms with E-state index in [-0.39, 0.29) is 10.7 Å². The molecule has 0 radical (unpaired) electrons. The number of hydrogen-bond acceptors (Lipinski definition) is 9. The molecule has 3 aromatic rings. The molecule has 0 aliphatic rings. The summed E-state index contributed by atoms with van der Waals surface area (Å²) in [6, 6.07) is 6.74. The summed E-state index contributed by atoms with van der Waals surface area (Å²) in [5.74, 6) is -3.43. The molecule has 0 unspecified atom stereocenters. The molecule has 33 heavy (non-hydrogen) atoms. The van der Waals surface area contributed by atoms with Gasteiger partial charge >= 0.3 is 21.8 Å². The Morgan fingerprint density at radius 3 is 2.18 bits per heavy atom. The van der Waals surface area contributed by atoms with E-state index in [1.165, 1.54) is 31.2 Å². The number of halogens is 2. The van der Waals surface area contributed by atoms with E-state index in [0.717, 1.165) is 13.1 Å². The minimum atomic E-state index is -4.13. The molecule has 15 heteroatoms. The number of rotatable bonds is 5. The van der Waals surface area contributed by atoms with Gasteiger partial charge in [0.2, 0.25) is 11.8 Å². The lowest BCUT2D eigenvalue weighted by Crippen LogP contribution is -2.17. The van der Waals surface area contributed by atoms with Gasteiger partial charge in [-0.3, -0.25) is 14.6 Å². The van der Waals surface area contributed by atoms with Crippen LogP contribution in [0.2, 0.25) is 0 Å². The Hall–Kier alpha value is -4.27. The summed E-state index contributed by atoms with van der Waals surface area (Å²) in [4.78, 5) is 43.8. The van der Waals surface area contributed by atoms with Gasteiger partial charge in [-0.15, -0.1) is 0 Å². The normalized spacial score (nSPS) is 10.4. The van der Waals surface area contributed by atoms with E-state index >= 15 is 0 Å². The van der Waals surface area contributed by atoms with Crippen LogP contribution < -0.4 is 20.5 Å². The molecule has 2 heterocycles. The second kappa shape index (κ2) is 10.9. The zero-order valence-electron chi connectivity index (χ0n) is 17.0. The van der Waals surface area contributed by atoms with Crippen molar-refractivity contribution >= 4 is 33.6 Å². The second-order valence-electron chi connectivity index (χ2n) is 5.97. The van der Waals surface area contributed by atoms with E-state index in [1.807, 2.05) is 4.98 Å². The number of carbonyl (C=O) groups is 2. The predicted molar refractivity (Wildman–Crippen MR) is 110 cm³/mol. The molecule has 3 N–H and O–H groups in total. The number of benzene rings is 1. The van der Waals surface area contributed by atoms with Crippen LogP contribution in [-0.2, 0) is 19.7 Å². The van der Waals surface area contributed by atoms with E-state index in [2.05, 4.69) is 25.6 Å². The highest BCUT2D eigenvalue weighted by Gasteiger charge is 2.19. The van der Waals surface area contributed by atoms with Crippen molar-refractivity contribution in [1.82, 2.24) is 19.9 Å². The van der Waals surface area contributed by atoms with Crippen LogP contribution in [0.25, 0.3) is 0 Å². The molecule has 0 fully saturated rings. The number of aromatic nitrogens is 4. The van der Waals surface area contributed by atoms with Crippen molar-refractivity contribution in [3.63, 3.8) is 0 Å². The SMILES string of the molecule is CC(=O)Nc1[nH]c(=O)ncc1F.CC(=O)Nc1nc(OS(=O)(=O)c2ccccc2)ncc1F. The fraction of sp³-hybridized carbons (Fsp3) is 0.111. The van der Waals surface area contributed by atoms with Gasteiger partial charge in [-0.25, -0.2) is 13.6 Å². The van der Waals surface area contributed by atoms with E-state index in [9.17, 15) is 31.6 Å². The standard InChI is InChI=1S/C12H10FN3O4S.C6H6FN3O2/c1-8(17)15-11-10(13)7-14-12(16-11)20-21(18,19)9-5-3-2-4-6-9;1-3(11)9-5-4(7)2-8-6(12)10-5/h2-7H,1H3,(H,14,15,16,17);2H,1H3,(H2,8,9,10,11,12). The highest BCUT2D eigenvalue weighted by atomic mass is 32.2. The van der Waals surface area contributed by atoms with Crippen LogP contribution in [0.5, 0.6) is 6.01 Å². The van der Waals surface area contributed by atoms with Crippen LogP contribution in [0.15, 0.2) is 52.4 Å². The predicted octanol–water partition coefficient (Wildman–Crippen LogP) is 1.21. The fourth-order valence-electron chi connectivity index (χ4n) is 2.02. The van der Waals surface area contributed by atoms with Crippen molar-refractivity contribution < 1.29 is 31.0 Å². The van der Waals surface area contributed by atoms with Gasteiger partial charge in [0.15, 0.2) is 23.3 Å². The number of carbonyl (C=O) groups excluding carboxylic acids is 2. The van der Waals surface area contributed by atoms with Crippen LogP contribution in [0.3, 0.4) is 0 Å². The molecule has 2 amide bonds. The number of nitrogens with one attached hydrogen (secondary N) is 3. The summed E-state index contributed by atoms with van der Waals surface area (Å²) in [5, 5.41) is 4.20. The molecule has 3 rings (SSSR count). The Balaban J connectivity index is 0.000000273. The lowest BCUT2D eigenvalue weighted by atomic mass is 10.4. The zero-order valence-corrected chi connectivity index (χ0v) is 17.8. The zero-order chi connectivity index (χ0) is 24.6. The number of amides is 2. The minimum absolute atomic E-state index is 0.0981. The summed E-state index contributed by atoms with van der Waals surface area (Å²) in [7, 11) is -4.13. The summed E-state index contributed by atoms with van der Waals surface area (Å²) < 4.78 is 54.6. The average molecular weight is 482 g/mol. The fourth-order valence-corrected chi connectivity index (χ4v) is 2.89. The first-order valence-corrected chi connectivity index (χ1v) is 10.2. The van der Waals surface area contributed by atoms with Crippen LogP contribution in [0.4, 0.5) is 20.4 Å². The van der Waals surface area contributed by atoms with Crippen LogP contribution in [0, 0.1) is 11.6 Å². The lowest BCUT2D eigenvalue weighted by molar-refractivity contribution is -0.115. The van der Waals surface area contributed by atoms with Crippen LogP contribution in [0.1, 0.15) is 13.8 Å². The number of anilines is 2. The molecular formula is C18H16F2N6O6S. The number of nitrogens with zero attached hydrogens (tertiary/aromatic N) is 3. The van der Waals surface area contributed by atoms with Crippen molar-refractivity contribution in [2.24, 2.45) is 0 Å². The molecule has 0 saturated carbocycles. The quantitative estimate of drug-likeness (QED) is 0.452. The summed E-state index contributed by atoms with van der Waals surface area (Å²) in [6.45, 7) is 2.36. The van der Waals surface area contributed by atoms with E-state index in [0.29, 0.717) is 6.20 Å². The van der Waals surface area contributed by atoms with E-state index in [4.69, 9.17) is 4.18 Å². The summed E-state index contributed by atoms with van der Waals surface area (Å²) in [6.07, 6.45) is 1.44. The average Bonchev–Trinajstić information content (AvgIpc) is 2.73. The van der Waals surface area contributed by atoms with Crippen LogP contribution in [-0.4, -0.2) is 40.2 Å². The third-order valence-electron chi connectivity index (χ3n) is 3.30. The van der Waals surface area contributed by atoms with Gasteiger partial charge in [0, 0.05) is 13.8 Å². The Morgan fingerprint density at radius 1 is 0.970 bits per heavy atom. The van der Waals surface area contributed by atoms with Gasteiger partial charge in [0.25, 0.3) is 0 Å². The monoisotopic (exact) mass is 482 g/mol. The van der Waals surface area contributed by atoms with Gasteiger partial charge in [-0.2, -0.15) is 23.4 Å². The van der Waals surface area contributed by atoms with Gasteiger partial charge < -0.3 is 14.8 Å². The van der Waals surface area contributed by atoms with E-state index < -0.39 is 51.1 Å². The Morgan fingerprint density at radius 2 is 1.58 bits per heavy atom. The van der Waals surface area contributed by atoms with Crippen molar-refractivity contribution in [2.45, 2.75) is 18.7 Å². The first kappa shape index (κ1) is 25.0. The molecule has 0 bridgehead atoms. The number of H-pyrrole nitrogens is 1. The van der Waals surface area contributed by atoms with Gasteiger partial charge in [0.05, 0.1) is 12.4 Å². The highest BCUT2D eigenvalue weighted by molar-refractivity contribution is 7.87. The smallest absolute Gasteiger partial charge is 0.339 e. The first-order valence-electron chi connectivity index (χ1n) is 8.80. The molecule has 1 aromatic carbocycles. The van der Waals surface area contributed by atoms with Crippen molar-refractivity contribution in [3.8, 4) is 6.01 Å². The maximum absolute atomic E-state index is 13.3. The summed E-state index contributed by atoms with van der Waals surface area (Å²) in [5.41, 5.74) is -0.708. The van der Waals surface area contributed by atoms with Crippen LogP contribution >= 0.6 is 0 Å². The molecule has 2 aromatic heterocycles. The summed E-state index contributed by atoms with van der Waals surface area (Å²) >= 11 is 0. The van der Waals surface area contributed by atoms with Gasteiger partial charge in [-0.1, -0.05) is 18.2 Å². The van der Waals surface area contributed by atoms with Gasteiger partial charge in [-0.05, 0) is 12.1 Å². The molecule has 174 valence electrons. The Kier molecular flexibility index (Phi) is 8.22. The maximum atomic E-state index is 13.3. The number of hydrogen-bond donors (Lipinski definition) is 3. The second-order valence-corrected chi connectivity index (χ2v) is 7.52. The number of aromatic amines is 1. The van der Waals surface area contributed by atoms with Crippen molar-refractivity contribution in [1.29, 1.82) is 0 Å². The largest absolute Gasteiger partial charge is 0.346 e. The molecule has 0 aliphatic heterocycles. The third-order valence-corrected chi connectivity index (χ3v) is 4.52. The first-order chi connectivity index (χ1) is 15.5. The third kappa shape index (κ3) is 7.73. The molecule has 0 atom stereocenters. The lowest BCUT2D eigenvalue weighted by Gasteiger charge is -2.07. The van der Waals surface area contributed by atoms with Gasteiger partial charge in [0.1, 0.15) is 4.90 Å². The molecule has 0 aliphatic carbocycles. The molecular weight excluding hydrogens is 466 g/mol. The Bertz CT molecular complexity index is 1320. The van der Waals surface area contributed by atoms with Crippen molar-refractivity contribution in [3.05, 3.63) is 64.8 Å². The minimum Gasteiger partial charge on any atom is -0.339 e. The maximum Gasteiger partial charge on any atom is 0.346 e. The van der Waals surface area contributed by atoms with E-state index in [1.54, 1.807) is 6.07 Å². The molecule has 0 saturated heterocycles. The van der Waals surface area contributed by atoms with Crippen molar-refractivity contribution in [2.75, 3.05) is 10.6 Å². The highest BCUT2D eigenvalue weighted by Crippen LogP contribution is 2.18. The Labute approximate surface area is 185 Å².